The quantitative estimate of drug-likeness (QED) is 0.135. The molecule has 0 bridgehead atoms. The SMILES string of the molecule is C[C@@H](NC(=O)Cn1cnnn1)[C@H]1C(=O)N2C(C(=O)O)=C(S[C@@H]3CN[C@H](C(=O)N4CCC5CN(CC(N)O)CCC54)C3)[C@H](C)[C@H]12. The van der Waals surface area contributed by atoms with Gasteiger partial charge in [0.25, 0.3) is 0 Å². The van der Waals surface area contributed by atoms with Crippen LogP contribution in [-0.4, -0.2) is 137 Å². The summed E-state index contributed by atoms with van der Waals surface area (Å²) in [5, 5.41) is 36.6. The summed E-state index contributed by atoms with van der Waals surface area (Å²) in [5.74, 6) is -2.17. The van der Waals surface area contributed by atoms with E-state index >= 15 is 0 Å². The van der Waals surface area contributed by atoms with Crippen LogP contribution in [-0.2, 0) is 25.7 Å². The number of β-lactam (4-membered cyclic amide) rings is 1. The van der Waals surface area contributed by atoms with Gasteiger partial charge >= 0.3 is 5.97 Å². The number of amides is 3. The standard InChI is InChI=1S/C27H40N10O6S/c1-13-22-21(14(2)31-20(39)11-35-12-30-32-33-35)26(41)37(22)23(27(42)43)24(13)44-16-7-17(29-8-16)25(40)36-6-3-15-9-34(10-19(28)38)5-4-18(15)36/h12-19,21-22,29,38H,3-11,28H2,1-2H3,(H,31,39)(H,42,43)/t13-,14-,15?,16+,17+,18?,19?,21-,22-/m1/s1. The molecule has 1 aromatic rings. The number of aliphatic carboxylic acids is 1. The van der Waals surface area contributed by atoms with Crippen molar-refractivity contribution in [3.8, 4) is 0 Å². The number of fused-ring (bicyclic) bond motifs is 2. The molecule has 9 atom stereocenters. The van der Waals surface area contributed by atoms with Crippen LogP contribution in [0.2, 0.25) is 0 Å². The molecule has 0 aliphatic carbocycles. The van der Waals surface area contributed by atoms with Crippen LogP contribution in [0, 0.1) is 17.8 Å². The third-order valence-corrected chi connectivity index (χ3v) is 11.3. The average molecular weight is 633 g/mol. The monoisotopic (exact) mass is 632 g/mol. The number of nitrogens with one attached hydrogen (secondary N) is 2. The van der Waals surface area contributed by atoms with E-state index in [4.69, 9.17) is 5.73 Å². The fourth-order valence-electron chi connectivity index (χ4n) is 7.81. The molecule has 0 radical (unpaired) electrons. The number of tetrazole rings is 1. The molecule has 240 valence electrons. The zero-order valence-corrected chi connectivity index (χ0v) is 25.6. The molecule has 5 aliphatic rings. The molecule has 3 amide bonds. The Morgan fingerprint density at radius 1 is 1.27 bits per heavy atom. The number of carbonyl (C=O) groups is 4. The fourth-order valence-corrected chi connectivity index (χ4v) is 9.29. The normalized spacial score (nSPS) is 33.2. The Morgan fingerprint density at radius 2 is 2.07 bits per heavy atom. The van der Waals surface area contributed by atoms with Gasteiger partial charge in [0.2, 0.25) is 17.7 Å². The Morgan fingerprint density at radius 3 is 2.77 bits per heavy atom. The number of hydrogen-bond acceptors (Lipinski definition) is 12. The summed E-state index contributed by atoms with van der Waals surface area (Å²) >= 11 is 1.45. The number of likely N-dealkylation sites (tertiary alicyclic amines) is 2. The number of carboxylic acid groups (broad SMARTS) is 1. The van der Waals surface area contributed by atoms with Gasteiger partial charge in [0.1, 0.15) is 24.8 Å². The fraction of sp³-hybridized carbons (Fsp3) is 0.741. The number of rotatable bonds is 10. The molecule has 0 saturated carbocycles. The summed E-state index contributed by atoms with van der Waals surface area (Å²) in [5.41, 5.74) is 5.58. The van der Waals surface area contributed by atoms with Gasteiger partial charge < -0.3 is 36.4 Å². The molecule has 6 heterocycles. The largest absolute Gasteiger partial charge is 0.477 e. The zero-order chi connectivity index (χ0) is 31.3. The van der Waals surface area contributed by atoms with Crippen LogP contribution in [0.3, 0.4) is 0 Å². The van der Waals surface area contributed by atoms with Crippen LogP contribution < -0.4 is 16.4 Å². The van der Waals surface area contributed by atoms with Crippen LogP contribution in [0.5, 0.6) is 0 Å². The number of thioether (sulfide) groups is 1. The molecule has 5 aliphatic heterocycles. The number of nitrogens with zero attached hydrogens (tertiary/aromatic N) is 7. The van der Waals surface area contributed by atoms with Crippen LogP contribution in [0.15, 0.2) is 16.9 Å². The van der Waals surface area contributed by atoms with Crippen LogP contribution in [0.4, 0.5) is 0 Å². The molecule has 6 N–H and O–H groups in total. The summed E-state index contributed by atoms with van der Waals surface area (Å²) < 4.78 is 1.28. The lowest BCUT2D eigenvalue weighted by Crippen LogP contribution is -2.66. The number of carboxylic acids is 1. The van der Waals surface area contributed by atoms with Crippen molar-refractivity contribution in [2.45, 2.75) is 75.3 Å². The summed E-state index contributed by atoms with van der Waals surface area (Å²) in [6.07, 6.45) is 2.80. The van der Waals surface area contributed by atoms with Crippen LogP contribution in [0.25, 0.3) is 0 Å². The minimum absolute atomic E-state index is 0.00693. The first-order valence-corrected chi connectivity index (χ1v) is 16.1. The molecule has 1 aromatic heterocycles. The van der Waals surface area contributed by atoms with Crippen LogP contribution in [0.1, 0.15) is 33.1 Å². The minimum atomic E-state index is -1.15. The highest BCUT2D eigenvalue weighted by atomic mass is 32.2. The van der Waals surface area contributed by atoms with E-state index in [1.54, 1.807) is 6.92 Å². The Bertz CT molecular complexity index is 1330. The number of piperidine rings is 1. The highest BCUT2D eigenvalue weighted by Gasteiger charge is 2.60. The topological polar surface area (TPSA) is 212 Å². The van der Waals surface area contributed by atoms with E-state index in [2.05, 4.69) is 31.1 Å². The number of hydrogen-bond donors (Lipinski definition) is 5. The van der Waals surface area contributed by atoms with E-state index < -0.39 is 24.2 Å². The summed E-state index contributed by atoms with van der Waals surface area (Å²) in [6, 6.07) is -1.05. The average Bonchev–Trinajstić information content (AvgIpc) is 3.75. The number of β-amino-alcohol motifs (C(OH)–C–C–N with tert-alkyl or cyclic N) is 1. The second-order valence-corrected chi connectivity index (χ2v) is 13.9. The van der Waals surface area contributed by atoms with Gasteiger partial charge in [-0.3, -0.25) is 19.3 Å². The molecule has 16 nitrogen and oxygen atoms in total. The third-order valence-electron chi connectivity index (χ3n) is 9.75. The Labute approximate surface area is 258 Å². The predicted octanol–water partition coefficient (Wildman–Crippen LogP) is -2.39. The van der Waals surface area contributed by atoms with Crippen molar-refractivity contribution in [3.05, 3.63) is 16.9 Å². The first-order chi connectivity index (χ1) is 21.0. The van der Waals surface area contributed by atoms with E-state index in [-0.39, 0.29) is 59.3 Å². The summed E-state index contributed by atoms with van der Waals surface area (Å²) in [4.78, 5) is 58.0. The minimum Gasteiger partial charge on any atom is -0.477 e. The number of aliphatic hydroxyl groups excluding tert-OH is 1. The molecular weight excluding hydrogens is 592 g/mol. The van der Waals surface area contributed by atoms with Gasteiger partial charge in [0, 0.05) is 60.9 Å². The Kier molecular flexibility index (Phi) is 8.67. The van der Waals surface area contributed by atoms with E-state index in [0.29, 0.717) is 36.9 Å². The second kappa shape index (κ2) is 12.3. The first-order valence-electron chi connectivity index (χ1n) is 15.2. The van der Waals surface area contributed by atoms with Crippen LogP contribution >= 0.6 is 11.8 Å². The number of nitrogens with two attached hydrogens (primary N) is 1. The van der Waals surface area contributed by atoms with Crippen molar-refractivity contribution in [2.75, 3.05) is 32.7 Å². The van der Waals surface area contributed by atoms with E-state index in [1.807, 2.05) is 11.8 Å². The lowest BCUT2D eigenvalue weighted by Gasteiger charge is -2.47. The molecule has 17 heteroatoms. The van der Waals surface area contributed by atoms with E-state index in [9.17, 15) is 29.4 Å². The highest BCUT2D eigenvalue weighted by molar-refractivity contribution is 8.03. The smallest absolute Gasteiger partial charge is 0.353 e. The Hall–Kier alpha value is -3.12. The lowest BCUT2D eigenvalue weighted by atomic mass is 9.78. The molecule has 4 fully saturated rings. The highest BCUT2D eigenvalue weighted by Crippen LogP contribution is 2.52. The molecule has 6 rings (SSSR count). The van der Waals surface area contributed by atoms with Gasteiger partial charge in [-0.05, 0) is 42.5 Å². The molecule has 4 saturated heterocycles. The van der Waals surface area contributed by atoms with E-state index in [0.717, 1.165) is 25.9 Å². The van der Waals surface area contributed by atoms with E-state index in [1.165, 1.54) is 27.7 Å². The second-order valence-electron chi connectivity index (χ2n) is 12.6. The van der Waals surface area contributed by atoms with Gasteiger partial charge in [0.05, 0.1) is 18.0 Å². The van der Waals surface area contributed by atoms with Gasteiger partial charge in [0.15, 0.2) is 0 Å². The third kappa shape index (κ3) is 5.71. The van der Waals surface area contributed by atoms with Crippen molar-refractivity contribution in [3.63, 3.8) is 0 Å². The van der Waals surface area contributed by atoms with Crippen molar-refractivity contribution in [1.29, 1.82) is 0 Å². The summed E-state index contributed by atoms with van der Waals surface area (Å²) in [6.45, 7) is 6.90. The van der Waals surface area contributed by atoms with Gasteiger partial charge in [-0.2, -0.15) is 0 Å². The Balaban J connectivity index is 1.06. The summed E-state index contributed by atoms with van der Waals surface area (Å²) in [7, 11) is 0. The van der Waals surface area contributed by atoms with Gasteiger partial charge in [-0.15, -0.1) is 16.9 Å². The maximum atomic E-state index is 13.6. The predicted molar refractivity (Wildman–Crippen MR) is 156 cm³/mol. The molecule has 3 unspecified atom stereocenters. The first kappa shape index (κ1) is 30.9. The lowest BCUT2D eigenvalue weighted by molar-refractivity contribution is -0.158. The number of aliphatic hydroxyl groups is 1. The molecule has 0 aromatic carbocycles. The maximum Gasteiger partial charge on any atom is 0.353 e. The van der Waals surface area contributed by atoms with Crippen molar-refractivity contribution >= 4 is 35.5 Å². The molecule has 0 spiro atoms. The maximum absolute atomic E-state index is 13.6. The molecule has 44 heavy (non-hydrogen) atoms. The molecular formula is C27H40N10O6S. The zero-order valence-electron chi connectivity index (χ0n) is 24.8. The van der Waals surface area contributed by atoms with Crippen molar-refractivity contribution < 1.29 is 29.4 Å². The number of carbonyl (C=O) groups excluding carboxylic acids is 3. The van der Waals surface area contributed by atoms with Crippen molar-refractivity contribution in [2.24, 2.45) is 23.5 Å². The number of aromatic nitrogens is 4. The van der Waals surface area contributed by atoms with Crippen molar-refractivity contribution in [1.82, 2.24) is 45.5 Å². The van der Waals surface area contributed by atoms with Gasteiger partial charge in [-0.1, -0.05) is 6.92 Å². The van der Waals surface area contributed by atoms with Gasteiger partial charge in [-0.25, -0.2) is 9.48 Å².